The van der Waals surface area contributed by atoms with E-state index in [1.807, 2.05) is 54.1 Å². The quantitative estimate of drug-likeness (QED) is 0.784. The molecule has 1 aliphatic rings. The van der Waals surface area contributed by atoms with Crippen molar-refractivity contribution < 1.29 is 25.2 Å². The number of aliphatic hydroxyl groups is 1. The predicted octanol–water partition coefficient (Wildman–Crippen LogP) is 1.32. The van der Waals surface area contributed by atoms with Crippen LogP contribution >= 0.6 is 0 Å². The fourth-order valence-electron chi connectivity index (χ4n) is 1.34. The Kier molecular flexibility index (Phi) is 4.33. The molecule has 0 saturated carbocycles. The first kappa shape index (κ1) is 12.2. The minimum absolute atomic E-state index is 0. The van der Waals surface area contributed by atoms with E-state index in [0.717, 1.165) is 11.3 Å². The Balaban J connectivity index is 0.00000112. The molecule has 0 aromatic heterocycles. The fraction of sp³-hybridized carbons (Fsp3) is 0.182. The van der Waals surface area contributed by atoms with Gasteiger partial charge in [0.2, 0.25) is 0 Å². The summed E-state index contributed by atoms with van der Waals surface area (Å²) in [5.74, 6) is 0. The Morgan fingerprint density at radius 3 is 2.87 bits per heavy atom. The average molecular weight is 380 g/mol. The van der Waals surface area contributed by atoms with Crippen LogP contribution in [0, 0.1) is 12.7 Å². The molecule has 4 heteroatoms. The van der Waals surface area contributed by atoms with E-state index < -0.39 is 0 Å². The van der Waals surface area contributed by atoms with Gasteiger partial charge < -0.3 is 14.9 Å². The zero-order valence-electron chi connectivity index (χ0n) is 8.35. The summed E-state index contributed by atoms with van der Waals surface area (Å²) in [6, 6.07) is 8.70. The Labute approximate surface area is 103 Å². The summed E-state index contributed by atoms with van der Waals surface area (Å²) in [5, 5.41) is 8.99. The van der Waals surface area contributed by atoms with E-state index in [1.165, 1.54) is 0 Å². The summed E-state index contributed by atoms with van der Waals surface area (Å²) in [6.07, 6.45) is 3.91. The van der Waals surface area contributed by atoms with E-state index in [2.05, 4.69) is 6.07 Å². The first-order chi connectivity index (χ1) is 6.79. The minimum Gasteiger partial charge on any atom is -0.510 e. The maximum Gasteiger partial charge on any atom is 0.0462 e. The van der Waals surface area contributed by atoms with E-state index in [0.29, 0.717) is 0 Å². The number of aliphatic hydroxyl groups excluding tert-OH is 1. The molecule has 1 aromatic rings. The minimum atomic E-state index is 0. The third kappa shape index (κ3) is 2.81. The summed E-state index contributed by atoms with van der Waals surface area (Å²) >= 11 is 0. The van der Waals surface area contributed by atoms with Crippen molar-refractivity contribution in [3.8, 4) is 0 Å². The molecule has 15 heavy (non-hydrogen) atoms. The summed E-state index contributed by atoms with van der Waals surface area (Å²) in [5.41, 5.74) is 1.84. The third-order valence-corrected chi connectivity index (χ3v) is 2.08. The van der Waals surface area contributed by atoms with Gasteiger partial charge in [-0.3, -0.25) is 0 Å². The van der Waals surface area contributed by atoms with Crippen LogP contribution in [0.5, 0.6) is 0 Å². The third-order valence-electron chi connectivity index (χ3n) is 2.08. The molecular weight excluding hydrogens is 368 g/mol. The predicted molar refractivity (Wildman–Crippen MR) is 54.9 cm³/mol. The Morgan fingerprint density at radius 2 is 2.27 bits per heavy atom. The van der Waals surface area contributed by atoms with Gasteiger partial charge in [-0.1, -0.05) is 0 Å². The monoisotopic (exact) mass is 381 g/mol. The first-order valence-electron chi connectivity index (χ1n) is 4.44. The number of rotatable bonds is 2. The van der Waals surface area contributed by atoms with E-state index in [-0.39, 0.29) is 26.7 Å². The topological polar surface area (TPSA) is 26.7 Å². The van der Waals surface area contributed by atoms with Crippen molar-refractivity contribution >= 4 is 5.69 Å². The van der Waals surface area contributed by atoms with Gasteiger partial charge in [-0.2, -0.15) is 24.9 Å². The Bertz CT molecular complexity index is 354. The standard InChI is InChI=1S/C11H12N2O.Ir/c1-12-5-6-13(9-12)11-4-2-3-10(7-11)8-14;/h2-3,5-7,9,14H,8H2,1H3;/q-2;. The molecule has 1 heterocycles. The van der Waals surface area contributed by atoms with E-state index in [4.69, 9.17) is 5.11 Å². The molecule has 1 N–H and O–H groups in total. The summed E-state index contributed by atoms with van der Waals surface area (Å²) in [6.45, 7) is 2.02. The van der Waals surface area contributed by atoms with Gasteiger partial charge in [-0.05, 0) is 19.4 Å². The van der Waals surface area contributed by atoms with Gasteiger partial charge in [0.05, 0.1) is 0 Å². The van der Waals surface area contributed by atoms with Crippen molar-refractivity contribution in [1.82, 2.24) is 4.90 Å². The van der Waals surface area contributed by atoms with Crippen LogP contribution in [0.1, 0.15) is 5.56 Å². The fourth-order valence-corrected chi connectivity index (χ4v) is 1.34. The molecule has 1 radical (unpaired) electrons. The maximum atomic E-state index is 8.99. The second kappa shape index (κ2) is 5.31. The smallest absolute Gasteiger partial charge is 0.0462 e. The molecule has 1 aliphatic heterocycles. The van der Waals surface area contributed by atoms with Crippen molar-refractivity contribution in [2.75, 3.05) is 11.9 Å². The zero-order valence-corrected chi connectivity index (χ0v) is 10.7. The second-order valence-electron chi connectivity index (χ2n) is 3.23. The van der Waals surface area contributed by atoms with Gasteiger partial charge in [-0.15, -0.1) is 17.3 Å². The molecule has 1 aromatic carbocycles. The number of hydrogen-bond donors (Lipinski definition) is 1. The van der Waals surface area contributed by atoms with Crippen LogP contribution in [0.2, 0.25) is 0 Å². The van der Waals surface area contributed by atoms with Crippen LogP contribution < -0.4 is 4.90 Å². The van der Waals surface area contributed by atoms with Gasteiger partial charge in [0.1, 0.15) is 0 Å². The molecule has 2 rings (SSSR count). The molecule has 0 spiro atoms. The van der Waals surface area contributed by atoms with Crippen LogP contribution in [0.4, 0.5) is 5.69 Å². The molecule has 0 unspecified atom stereocenters. The first-order valence-corrected chi connectivity index (χ1v) is 4.44. The van der Waals surface area contributed by atoms with Crippen LogP contribution in [-0.4, -0.2) is 17.1 Å². The average Bonchev–Trinajstić information content (AvgIpc) is 2.65. The number of hydrogen-bond acceptors (Lipinski definition) is 3. The van der Waals surface area contributed by atoms with E-state index in [1.54, 1.807) is 0 Å². The Hall–Kier alpha value is -0.831. The molecule has 0 aliphatic carbocycles. The molecule has 0 atom stereocenters. The molecule has 0 saturated heterocycles. The van der Waals surface area contributed by atoms with Gasteiger partial charge in [0.25, 0.3) is 0 Å². The maximum absolute atomic E-state index is 8.99. The van der Waals surface area contributed by atoms with Crippen LogP contribution in [-0.2, 0) is 26.7 Å². The van der Waals surface area contributed by atoms with Crippen molar-refractivity contribution in [2.45, 2.75) is 6.61 Å². The van der Waals surface area contributed by atoms with Gasteiger partial charge in [-0.25, -0.2) is 0 Å². The van der Waals surface area contributed by atoms with Gasteiger partial charge >= 0.3 is 0 Å². The SMILES string of the molecule is CN1C=CN(c2[c-]ccc(CO)c2)[CH-]1.[Ir]. The number of anilines is 1. The normalized spacial score (nSPS) is 14.3. The van der Waals surface area contributed by atoms with Crippen LogP contribution in [0.3, 0.4) is 0 Å². The van der Waals surface area contributed by atoms with Crippen molar-refractivity contribution in [3.63, 3.8) is 0 Å². The Morgan fingerprint density at radius 1 is 1.47 bits per heavy atom. The molecule has 0 bridgehead atoms. The van der Waals surface area contributed by atoms with Crippen LogP contribution in [0.15, 0.2) is 30.6 Å². The van der Waals surface area contributed by atoms with Crippen LogP contribution in [0.25, 0.3) is 0 Å². The van der Waals surface area contributed by atoms with Crippen molar-refractivity contribution in [3.05, 3.63) is 48.9 Å². The van der Waals surface area contributed by atoms with Crippen molar-refractivity contribution in [1.29, 1.82) is 0 Å². The molecule has 3 nitrogen and oxygen atoms in total. The van der Waals surface area contributed by atoms with E-state index in [9.17, 15) is 0 Å². The molecule has 0 fully saturated rings. The largest absolute Gasteiger partial charge is 0.510 e. The second-order valence-corrected chi connectivity index (χ2v) is 3.23. The molecule has 83 valence electrons. The van der Waals surface area contributed by atoms with E-state index >= 15 is 0 Å². The summed E-state index contributed by atoms with van der Waals surface area (Å²) < 4.78 is 0. The number of nitrogens with zero attached hydrogens (tertiary/aromatic N) is 2. The summed E-state index contributed by atoms with van der Waals surface area (Å²) in [4.78, 5) is 3.92. The summed E-state index contributed by atoms with van der Waals surface area (Å²) in [7, 11) is 1.96. The number of benzene rings is 1. The van der Waals surface area contributed by atoms with Gasteiger partial charge in [0.15, 0.2) is 0 Å². The van der Waals surface area contributed by atoms with Crippen molar-refractivity contribution in [2.24, 2.45) is 0 Å². The van der Waals surface area contributed by atoms with Gasteiger partial charge in [0, 0.05) is 26.7 Å². The zero-order chi connectivity index (χ0) is 9.97. The molecule has 0 amide bonds. The molecular formula is C11H12IrN2O-2.